The number of benzene rings is 2. The molecule has 0 unspecified atom stereocenters. The van der Waals surface area contributed by atoms with Crippen LogP contribution in [0.1, 0.15) is 56.7 Å². The molecule has 3 heterocycles. The van der Waals surface area contributed by atoms with Gasteiger partial charge in [0.05, 0.1) is 109 Å². The normalized spacial score (nSPS) is 18.2. The molecule has 5 rings (SSSR count). The number of hydrogen-bond acceptors (Lipinski definition) is 19. The van der Waals surface area contributed by atoms with Gasteiger partial charge in [0.15, 0.2) is 0 Å². The fourth-order valence-electron chi connectivity index (χ4n) is 7.61. The van der Waals surface area contributed by atoms with Gasteiger partial charge in [-0.25, -0.2) is 22.6 Å². The molecule has 0 spiro atoms. The van der Waals surface area contributed by atoms with Gasteiger partial charge in [-0.3, -0.25) is 19.1 Å². The Morgan fingerprint density at radius 3 is 2.01 bits per heavy atom. The molecule has 1 aliphatic heterocycles. The topological polar surface area (TPSA) is 320 Å². The number of esters is 1. The first-order valence-electron chi connectivity index (χ1n) is 24.6. The zero-order valence-corrected chi connectivity index (χ0v) is 42.0. The lowest BCUT2D eigenvalue weighted by atomic mass is 9.88. The largest absolute Gasteiger partial charge is 0.477 e. The van der Waals surface area contributed by atoms with Crippen LogP contribution in [0, 0.1) is 29.1 Å². The van der Waals surface area contributed by atoms with E-state index >= 15 is 0 Å². The number of nitrogens with zero attached hydrogens (tertiary/aromatic N) is 6. The van der Waals surface area contributed by atoms with Crippen LogP contribution >= 0.6 is 0 Å². The number of aliphatic carboxylic acids is 1. The van der Waals surface area contributed by atoms with Crippen molar-refractivity contribution in [2.75, 3.05) is 72.6 Å². The van der Waals surface area contributed by atoms with Gasteiger partial charge in [-0.05, 0) is 31.7 Å². The first-order chi connectivity index (χ1) is 37.0. The minimum Gasteiger partial charge on any atom is -0.477 e. The number of carboxylic acids is 1. The maximum absolute atomic E-state index is 13.7. The van der Waals surface area contributed by atoms with Crippen LogP contribution in [0.15, 0.2) is 36.7 Å². The first-order valence-corrected chi connectivity index (χ1v) is 24.6. The molecule has 24 nitrogen and oxygen atoms in total. The summed E-state index contributed by atoms with van der Waals surface area (Å²) in [6, 6.07) is 5.35. The molecule has 6 atom stereocenters. The van der Waals surface area contributed by atoms with Crippen molar-refractivity contribution in [1.29, 1.82) is 0 Å². The third kappa shape index (κ3) is 18.8. The number of carbonyl (C=O) groups excluding carboxylic acids is 3. The van der Waals surface area contributed by atoms with E-state index in [-0.39, 0.29) is 65.9 Å². The molecule has 77 heavy (non-hydrogen) atoms. The van der Waals surface area contributed by atoms with E-state index in [1.54, 1.807) is 39.8 Å². The lowest BCUT2D eigenvalue weighted by Crippen LogP contribution is -2.68. The van der Waals surface area contributed by atoms with E-state index in [1.807, 2.05) is 13.1 Å². The molecule has 426 valence electrons. The number of rotatable bonds is 35. The van der Waals surface area contributed by atoms with Crippen LogP contribution in [0.3, 0.4) is 0 Å². The van der Waals surface area contributed by atoms with Crippen molar-refractivity contribution < 1.29 is 99.8 Å². The summed E-state index contributed by atoms with van der Waals surface area (Å²) in [5, 5.41) is 74.2. The van der Waals surface area contributed by atoms with Gasteiger partial charge in [0.1, 0.15) is 24.5 Å². The summed E-state index contributed by atoms with van der Waals surface area (Å²) in [7, 11) is 0. The van der Waals surface area contributed by atoms with Crippen LogP contribution in [0.5, 0.6) is 5.75 Å². The number of aromatic nitrogens is 6. The van der Waals surface area contributed by atoms with E-state index in [9.17, 15) is 66.7 Å². The fourth-order valence-corrected chi connectivity index (χ4v) is 7.61. The number of halogens is 5. The van der Waals surface area contributed by atoms with Crippen LogP contribution in [-0.4, -0.2) is 188 Å². The molecular formula is C48H63F5N8O16. The quantitative estimate of drug-likeness (QED) is 0.00841. The number of amides is 2. The average Bonchev–Trinajstić information content (AvgIpc) is 4.12. The minimum atomic E-state index is -2.47. The molecule has 0 bridgehead atoms. The number of aliphatic hydroxyl groups is 4. The molecule has 2 amide bonds. The van der Waals surface area contributed by atoms with Gasteiger partial charge in [-0.15, -0.1) is 10.2 Å². The van der Waals surface area contributed by atoms with Crippen LogP contribution in [-0.2, 0) is 73.5 Å². The smallest absolute Gasteiger partial charge is 0.364 e. The lowest BCUT2D eigenvalue weighted by Gasteiger charge is -2.46. The zero-order chi connectivity index (χ0) is 55.9. The second-order valence-electron chi connectivity index (χ2n) is 17.4. The van der Waals surface area contributed by atoms with Crippen LogP contribution in [0.25, 0.3) is 11.3 Å². The number of carboxylic acid groups (broad SMARTS) is 1. The third-order valence-electron chi connectivity index (χ3n) is 11.8. The van der Waals surface area contributed by atoms with Crippen molar-refractivity contribution in [2.24, 2.45) is 0 Å². The van der Waals surface area contributed by atoms with Crippen molar-refractivity contribution >= 4 is 23.8 Å². The Labute approximate surface area is 437 Å². The van der Waals surface area contributed by atoms with Crippen molar-refractivity contribution in [3.05, 3.63) is 77.0 Å². The third-order valence-corrected chi connectivity index (χ3v) is 11.8. The molecule has 2 aromatic carbocycles. The molecule has 0 saturated carbocycles. The summed E-state index contributed by atoms with van der Waals surface area (Å²) in [5.41, 5.74) is 2.68. The number of nitrogens with one attached hydrogen (secondary N) is 2. The van der Waals surface area contributed by atoms with E-state index in [0.29, 0.717) is 49.2 Å². The molecule has 4 aromatic rings. The Kier molecular flexibility index (Phi) is 25.1. The molecule has 0 radical (unpaired) electrons. The van der Waals surface area contributed by atoms with E-state index < -0.39 is 121 Å². The van der Waals surface area contributed by atoms with Crippen LogP contribution < -0.4 is 15.4 Å². The Morgan fingerprint density at radius 1 is 0.779 bits per heavy atom. The maximum Gasteiger partial charge on any atom is 0.364 e. The van der Waals surface area contributed by atoms with Crippen LogP contribution in [0.4, 0.5) is 22.0 Å². The summed E-state index contributed by atoms with van der Waals surface area (Å²) in [6.07, 6.45) is -1.56. The van der Waals surface area contributed by atoms with Gasteiger partial charge < -0.3 is 69.3 Å². The Balaban J connectivity index is 0.944. The van der Waals surface area contributed by atoms with Gasteiger partial charge in [-0.1, -0.05) is 47.5 Å². The van der Waals surface area contributed by atoms with E-state index in [4.69, 9.17) is 28.4 Å². The van der Waals surface area contributed by atoms with Crippen molar-refractivity contribution in [1.82, 2.24) is 40.6 Å². The number of carbonyl (C=O) groups is 4. The number of ether oxygens (including phenoxy) is 7. The highest BCUT2D eigenvalue weighted by atomic mass is 19.2. The summed E-state index contributed by atoms with van der Waals surface area (Å²) < 4.78 is 108. The molecule has 1 aliphatic rings. The Hall–Kier alpha value is -6.15. The summed E-state index contributed by atoms with van der Waals surface area (Å²) >= 11 is 0. The monoisotopic (exact) mass is 1100 g/mol. The maximum atomic E-state index is 13.7. The molecular weight excluding hydrogens is 1040 g/mol. The lowest BCUT2D eigenvalue weighted by molar-refractivity contribution is -0.310. The second kappa shape index (κ2) is 31.3. The number of hydrogen-bond donors (Lipinski definition) is 7. The Morgan fingerprint density at radius 2 is 1.39 bits per heavy atom. The summed E-state index contributed by atoms with van der Waals surface area (Å²) in [6.45, 7) is 2.49. The van der Waals surface area contributed by atoms with E-state index in [0.717, 1.165) is 18.5 Å². The van der Waals surface area contributed by atoms with Gasteiger partial charge in [0, 0.05) is 31.3 Å². The van der Waals surface area contributed by atoms with Crippen molar-refractivity contribution in [3.8, 4) is 17.0 Å². The minimum absolute atomic E-state index is 0.0231. The molecule has 2 aromatic heterocycles. The molecule has 7 N–H and O–H groups in total. The van der Waals surface area contributed by atoms with Crippen molar-refractivity contribution in [3.63, 3.8) is 0 Å². The summed E-state index contributed by atoms with van der Waals surface area (Å²) in [5.74, 6) is -20.0. The highest BCUT2D eigenvalue weighted by Crippen LogP contribution is 2.34. The number of aliphatic hydroxyl groups excluding tert-OH is 4. The van der Waals surface area contributed by atoms with Gasteiger partial charge in [-0.2, -0.15) is 8.78 Å². The second-order valence-corrected chi connectivity index (χ2v) is 17.4. The Bertz CT molecular complexity index is 2480. The standard InChI is InChI=1S/C48H63F5N8O16/c1-2-60-26-31(56-58-60)7-5-3-4-6-14-75-48(47(69)70)24-33(63)43(55-36(66)28-62)46(77-48)44(68)34(64)25-54-35(65)23-29-8-10-30(11-9-29)32-27-61(59-57-32)13-16-72-18-20-74-22-21-73-19-17-71-15-12-37(67)76-45-41(52)39(50)38(49)40(51)42(45)53/h8-11,26-27,33-34,43-44,46,62-64,68H,2-7,12-25,28H2,1H3,(H,54,65)(H,55,66)(H,69,70)/t33-,34+,43+,44+,46+,48+/m0/s1. The van der Waals surface area contributed by atoms with E-state index in [2.05, 4.69) is 36.0 Å². The average molecular weight is 1100 g/mol. The highest BCUT2D eigenvalue weighted by Gasteiger charge is 2.56. The fraction of sp³-hybridized carbons (Fsp3) is 0.583. The molecule has 0 aliphatic carbocycles. The number of unbranched alkanes of at least 4 members (excludes halogenated alkanes) is 3. The van der Waals surface area contributed by atoms with Crippen LogP contribution in [0.2, 0.25) is 0 Å². The van der Waals surface area contributed by atoms with Gasteiger partial charge in [0.25, 0.3) is 5.79 Å². The first kappa shape index (κ1) is 61.7. The van der Waals surface area contributed by atoms with Gasteiger partial charge >= 0.3 is 11.9 Å². The van der Waals surface area contributed by atoms with Crippen molar-refractivity contribution in [2.45, 2.75) is 108 Å². The molecule has 1 fully saturated rings. The predicted molar refractivity (Wildman–Crippen MR) is 253 cm³/mol. The molecule has 29 heteroatoms. The summed E-state index contributed by atoms with van der Waals surface area (Å²) in [4.78, 5) is 49.5. The predicted octanol–water partition coefficient (Wildman–Crippen LogP) is 0.922. The zero-order valence-electron chi connectivity index (χ0n) is 42.0. The van der Waals surface area contributed by atoms with E-state index in [1.165, 1.54) is 0 Å². The molecule has 1 saturated heterocycles. The number of aryl methyl sites for hydroxylation is 2. The van der Waals surface area contributed by atoms with Gasteiger partial charge in [0.2, 0.25) is 46.6 Å². The highest BCUT2D eigenvalue weighted by molar-refractivity contribution is 5.79. The SMILES string of the molecule is CCn1cc(CCCCCCO[C@]2(C(=O)O)C[C@H](O)[C@@H](NC(=O)CO)[C@H]([C@H](O)[C@H](O)CNC(=O)Cc3ccc(-c4cn(CCOCCOCCOCCOCCC(=O)Oc5c(F)c(F)c(F)c(F)c5F)nn4)cc3)O2)nn1.